The lowest BCUT2D eigenvalue weighted by atomic mass is 9.93. The molecular formula is C30H31Cl3N4O2. The van der Waals surface area contributed by atoms with Crippen molar-refractivity contribution in [2.75, 3.05) is 18.0 Å². The van der Waals surface area contributed by atoms with E-state index in [2.05, 4.69) is 41.1 Å². The third kappa shape index (κ3) is 4.87. The van der Waals surface area contributed by atoms with E-state index in [0.717, 1.165) is 47.6 Å². The molecule has 0 amide bonds. The second-order valence-corrected chi connectivity index (χ2v) is 12.2. The smallest absolute Gasteiger partial charge is 0.188 e. The lowest BCUT2D eigenvalue weighted by Crippen LogP contribution is -2.48. The fourth-order valence-corrected chi connectivity index (χ4v) is 7.43. The Morgan fingerprint density at radius 1 is 1.00 bits per heavy atom. The van der Waals surface area contributed by atoms with E-state index in [4.69, 9.17) is 34.8 Å². The number of rotatable bonds is 6. The minimum Gasteiger partial charge on any atom is -0.361 e. The quantitative estimate of drug-likeness (QED) is 0.331. The van der Waals surface area contributed by atoms with Gasteiger partial charge in [-0.1, -0.05) is 53.0 Å². The number of carbonyl (C=O) groups is 1. The summed E-state index contributed by atoms with van der Waals surface area (Å²) in [4.78, 5) is 18.3. The Labute approximate surface area is 244 Å². The van der Waals surface area contributed by atoms with E-state index in [1.165, 1.54) is 6.42 Å². The molecule has 3 aromatic carbocycles. The standard InChI is InChI=1S/C30H31Cl3N4O2/c1-17(2)36-15-20-11-21(36)14-35(20)13-18-7-23(22-5-3-4-6-25(22)31)24-12-34-30(39)37(28(24)10-18)29-26(32)8-19(16-38)9-27(29)33/h3-10,16-17,20-21,30,34,39H,11-15H2,1-2H3. The Balaban J connectivity index is 1.46. The Bertz CT molecular complexity index is 1410. The first-order valence-electron chi connectivity index (χ1n) is 13.3. The van der Waals surface area contributed by atoms with Gasteiger partial charge >= 0.3 is 0 Å². The van der Waals surface area contributed by atoms with Gasteiger partial charge in [0.25, 0.3) is 0 Å². The van der Waals surface area contributed by atoms with Crippen LogP contribution in [0.5, 0.6) is 0 Å². The van der Waals surface area contributed by atoms with Crippen molar-refractivity contribution in [1.82, 2.24) is 15.1 Å². The second-order valence-electron chi connectivity index (χ2n) is 11.0. The highest BCUT2D eigenvalue weighted by Crippen LogP contribution is 2.46. The number of likely N-dealkylation sites (tertiary alicyclic amines) is 2. The van der Waals surface area contributed by atoms with Crippen LogP contribution in [0.4, 0.5) is 11.4 Å². The number of benzene rings is 3. The molecule has 3 aromatic rings. The molecule has 2 bridgehead atoms. The Morgan fingerprint density at radius 2 is 1.74 bits per heavy atom. The first-order chi connectivity index (χ1) is 18.7. The molecule has 6 rings (SSSR count). The number of fused-ring (bicyclic) bond motifs is 3. The van der Waals surface area contributed by atoms with Gasteiger partial charge in [-0.3, -0.25) is 24.8 Å². The summed E-state index contributed by atoms with van der Waals surface area (Å²) >= 11 is 20.0. The van der Waals surface area contributed by atoms with Gasteiger partial charge in [-0.05, 0) is 67.3 Å². The maximum Gasteiger partial charge on any atom is 0.188 e. The van der Waals surface area contributed by atoms with Gasteiger partial charge in [0.15, 0.2) is 6.35 Å². The summed E-state index contributed by atoms with van der Waals surface area (Å²) in [5, 5.41) is 15.6. The monoisotopic (exact) mass is 584 g/mol. The molecule has 3 atom stereocenters. The number of aliphatic hydroxyl groups excluding tert-OH is 1. The summed E-state index contributed by atoms with van der Waals surface area (Å²) in [6.45, 7) is 7.91. The third-order valence-corrected chi connectivity index (χ3v) is 9.18. The zero-order chi connectivity index (χ0) is 27.4. The number of anilines is 2. The molecule has 2 saturated heterocycles. The minimum absolute atomic E-state index is 0.286. The number of hydrogen-bond donors (Lipinski definition) is 2. The van der Waals surface area contributed by atoms with Crippen LogP contribution < -0.4 is 10.2 Å². The van der Waals surface area contributed by atoms with Gasteiger partial charge in [0.2, 0.25) is 0 Å². The molecule has 0 radical (unpaired) electrons. The molecule has 3 aliphatic rings. The van der Waals surface area contributed by atoms with Crippen molar-refractivity contribution in [3.05, 3.63) is 80.3 Å². The van der Waals surface area contributed by atoms with E-state index in [9.17, 15) is 9.90 Å². The topological polar surface area (TPSA) is 59.0 Å². The fourth-order valence-electron chi connectivity index (χ4n) is 6.51. The third-order valence-electron chi connectivity index (χ3n) is 8.28. The molecular weight excluding hydrogens is 555 g/mol. The van der Waals surface area contributed by atoms with E-state index in [1.807, 2.05) is 24.3 Å². The highest BCUT2D eigenvalue weighted by atomic mass is 35.5. The van der Waals surface area contributed by atoms with Crippen molar-refractivity contribution < 1.29 is 9.90 Å². The van der Waals surface area contributed by atoms with Crippen LogP contribution in [0, 0.1) is 0 Å². The molecule has 0 spiro atoms. The van der Waals surface area contributed by atoms with Crippen LogP contribution in [-0.2, 0) is 13.1 Å². The number of nitrogens with one attached hydrogen (secondary N) is 1. The van der Waals surface area contributed by atoms with Gasteiger partial charge in [-0.15, -0.1) is 0 Å². The average molecular weight is 586 g/mol. The lowest BCUT2D eigenvalue weighted by Gasteiger charge is -2.39. The SMILES string of the molecule is CC(C)N1CC2CC1CN2Cc1cc(-c2ccccc2Cl)c2c(c1)N(c1c(Cl)cc(C=O)cc1Cl)C(O)NC2. The highest BCUT2D eigenvalue weighted by Gasteiger charge is 2.44. The molecule has 3 heterocycles. The van der Waals surface area contributed by atoms with Crippen LogP contribution in [0.3, 0.4) is 0 Å². The van der Waals surface area contributed by atoms with Crippen LogP contribution in [0.25, 0.3) is 11.1 Å². The zero-order valence-corrected chi connectivity index (χ0v) is 24.1. The van der Waals surface area contributed by atoms with E-state index in [0.29, 0.717) is 47.2 Å². The summed E-state index contributed by atoms with van der Waals surface area (Å²) in [6, 6.07) is 17.0. The molecule has 204 valence electrons. The van der Waals surface area contributed by atoms with Crippen molar-refractivity contribution in [2.45, 2.75) is 57.8 Å². The van der Waals surface area contributed by atoms with Crippen molar-refractivity contribution in [3.63, 3.8) is 0 Å². The van der Waals surface area contributed by atoms with Gasteiger partial charge < -0.3 is 5.11 Å². The van der Waals surface area contributed by atoms with Crippen molar-refractivity contribution >= 4 is 52.5 Å². The summed E-state index contributed by atoms with van der Waals surface area (Å²) in [5.41, 5.74) is 5.67. The first-order valence-corrected chi connectivity index (χ1v) is 14.4. The van der Waals surface area contributed by atoms with Gasteiger partial charge in [0.1, 0.15) is 6.29 Å². The predicted octanol–water partition coefficient (Wildman–Crippen LogP) is 6.31. The largest absolute Gasteiger partial charge is 0.361 e. The van der Waals surface area contributed by atoms with E-state index in [-0.39, 0.29) is 10.0 Å². The van der Waals surface area contributed by atoms with Crippen molar-refractivity contribution in [3.8, 4) is 11.1 Å². The molecule has 6 nitrogen and oxygen atoms in total. The number of carbonyl (C=O) groups excluding carboxylic acids is 1. The van der Waals surface area contributed by atoms with Gasteiger partial charge in [-0.25, -0.2) is 0 Å². The molecule has 2 fully saturated rings. The molecule has 2 N–H and O–H groups in total. The normalized spacial score (nSPS) is 23.1. The number of aldehydes is 1. The van der Waals surface area contributed by atoms with Gasteiger partial charge in [0, 0.05) is 60.5 Å². The van der Waals surface area contributed by atoms with Crippen LogP contribution in [0.1, 0.15) is 41.8 Å². The number of piperazine rings is 1. The molecule has 0 aromatic heterocycles. The van der Waals surface area contributed by atoms with Crippen LogP contribution in [0.15, 0.2) is 48.5 Å². The van der Waals surface area contributed by atoms with E-state index < -0.39 is 6.35 Å². The van der Waals surface area contributed by atoms with E-state index in [1.54, 1.807) is 17.0 Å². The molecule has 0 saturated carbocycles. The van der Waals surface area contributed by atoms with Crippen molar-refractivity contribution in [2.24, 2.45) is 0 Å². The van der Waals surface area contributed by atoms with Crippen molar-refractivity contribution in [1.29, 1.82) is 0 Å². The predicted molar refractivity (Wildman–Crippen MR) is 158 cm³/mol. The summed E-state index contributed by atoms with van der Waals surface area (Å²) < 4.78 is 0. The van der Waals surface area contributed by atoms with Gasteiger partial charge in [-0.2, -0.15) is 0 Å². The first kappa shape index (κ1) is 27.0. The fraction of sp³-hybridized carbons (Fsp3) is 0.367. The van der Waals surface area contributed by atoms with Crippen LogP contribution in [-0.4, -0.2) is 58.8 Å². The number of aliphatic hydroxyl groups is 1. The van der Waals surface area contributed by atoms with Gasteiger partial charge in [0.05, 0.1) is 21.4 Å². The molecule has 0 aliphatic carbocycles. The van der Waals surface area contributed by atoms with E-state index >= 15 is 0 Å². The molecule has 39 heavy (non-hydrogen) atoms. The number of nitrogens with zero attached hydrogens (tertiary/aromatic N) is 3. The zero-order valence-electron chi connectivity index (χ0n) is 21.9. The lowest BCUT2D eigenvalue weighted by molar-refractivity contribution is 0.0998. The molecule has 3 unspecified atom stereocenters. The maximum absolute atomic E-state index is 11.4. The Morgan fingerprint density at radius 3 is 2.38 bits per heavy atom. The summed E-state index contributed by atoms with van der Waals surface area (Å²) in [5.74, 6) is 0. The highest BCUT2D eigenvalue weighted by molar-refractivity contribution is 6.40. The Kier molecular flexibility index (Phi) is 7.40. The Hall–Kier alpha value is -2.16. The minimum atomic E-state index is -1.06. The number of halogens is 3. The summed E-state index contributed by atoms with van der Waals surface area (Å²) in [7, 11) is 0. The molecule has 9 heteroatoms. The average Bonchev–Trinajstić information content (AvgIpc) is 3.50. The van der Waals surface area contributed by atoms with Crippen LogP contribution >= 0.6 is 34.8 Å². The summed E-state index contributed by atoms with van der Waals surface area (Å²) in [6.07, 6.45) is 0.841. The van der Waals surface area contributed by atoms with Crippen LogP contribution in [0.2, 0.25) is 15.1 Å². The number of hydrogen-bond acceptors (Lipinski definition) is 6. The maximum atomic E-state index is 11.4. The second kappa shape index (κ2) is 10.7. The molecule has 3 aliphatic heterocycles.